The third-order valence-corrected chi connectivity index (χ3v) is 21.4. The lowest BCUT2D eigenvalue weighted by atomic mass is 9.78. The van der Waals surface area contributed by atoms with E-state index in [1.165, 1.54) is 16.3 Å². The summed E-state index contributed by atoms with van der Waals surface area (Å²) in [5.41, 5.74) is 16.0. The smallest absolute Gasteiger partial charge is 0.444 e. The number of rotatable bonds is 11. The number of hydrogen-bond donors (Lipinski definition) is 6. The maximum Gasteiger partial charge on any atom is 0.494 e. The molecule has 1 aliphatic rings. The molecule has 0 saturated carbocycles. The van der Waals surface area contributed by atoms with E-state index in [0.717, 1.165) is 97.9 Å². The van der Waals surface area contributed by atoms with Crippen molar-refractivity contribution in [2.45, 2.75) is 118 Å². The van der Waals surface area contributed by atoms with Crippen molar-refractivity contribution < 1.29 is 28.4 Å². The monoisotopic (exact) mass is 1630 g/mol. The highest BCUT2D eigenvalue weighted by Crippen LogP contribution is 2.43. The number of H-pyrrole nitrogens is 3. The molecule has 28 heteroatoms. The number of fused-ring (bicyclic) bond motifs is 6. The fourth-order valence-electron chi connectivity index (χ4n) is 13.7. The van der Waals surface area contributed by atoms with Crippen LogP contribution >= 0.6 is 39.1 Å². The fourth-order valence-corrected chi connectivity index (χ4v) is 14.9. The first-order valence-electron chi connectivity index (χ1n) is 36.8. The highest BCUT2D eigenvalue weighted by Gasteiger charge is 2.52. The minimum atomic E-state index is -0.626. The van der Waals surface area contributed by atoms with Gasteiger partial charge in [0, 0.05) is 82.4 Å². The van der Waals surface area contributed by atoms with E-state index in [0.29, 0.717) is 49.0 Å². The summed E-state index contributed by atoms with van der Waals surface area (Å²) in [6, 6.07) is 53.5. The molecular weight excluding hydrogens is 1550 g/mol. The Hall–Kier alpha value is -11.6. The second-order valence-electron chi connectivity index (χ2n) is 30.6. The molecular formula is C86H85BBrCl2N15O9. The van der Waals surface area contributed by atoms with Gasteiger partial charge in [0.05, 0.1) is 108 Å². The summed E-state index contributed by atoms with van der Waals surface area (Å²) in [6.45, 7) is 21.3. The first-order valence-corrected chi connectivity index (χ1v) is 38.3. The van der Waals surface area contributed by atoms with Crippen LogP contribution in [0, 0.1) is 6.92 Å². The summed E-state index contributed by atoms with van der Waals surface area (Å²) in [4.78, 5) is 61.1. The Morgan fingerprint density at radius 1 is 0.482 bits per heavy atom. The third kappa shape index (κ3) is 16.9. The topological polar surface area (TPSA) is 312 Å². The van der Waals surface area contributed by atoms with E-state index in [-0.39, 0.29) is 36.3 Å². The van der Waals surface area contributed by atoms with E-state index in [1.54, 1.807) is 70.8 Å². The van der Waals surface area contributed by atoms with Crippen LogP contribution in [-0.4, -0.2) is 102 Å². The Labute approximate surface area is 674 Å². The molecule has 0 radical (unpaired) electrons. The lowest BCUT2D eigenvalue weighted by Gasteiger charge is -2.32. The van der Waals surface area contributed by atoms with E-state index < -0.39 is 41.7 Å². The molecule has 6 aromatic heterocycles. The van der Waals surface area contributed by atoms with Gasteiger partial charge in [0.25, 0.3) is 16.7 Å². The average molecular weight is 1630 g/mol. The molecule has 114 heavy (non-hydrogen) atoms. The molecule has 7 N–H and O–H groups in total. The number of aromatic amines is 3. The van der Waals surface area contributed by atoms with E-state index in [4.69, 9.17) is 47.7 Å². The minimum Gasteiger partial charge on any atom is -0.444 e. The number of alkyl carbamates (subject to hydrolysis) is 2. The number of aromatic nitrogens is 12. The molecule has 7 heterocycles. The minimum absolute atomic E-state index is 0.0854. The molecule has 15 aromatic rings. The van der Waals surface area contributed by atoms with Crippen LogP contribution in [-0.2, 0) is 59.6 Å². The van der Waals surface area contributed by atoms with Crippen molar-refractivity contribution in [3.05, 3.63) is 251 Å². The van der Waals surface area contributed by atoms with Gasteiger partial charge in [-0.15, -0.1) is 0 Å². The average Bonchev–Trinajstić information content (AvgIpc) is 1.52. The molecule has 1 fully saturated rings. The Morgan fingerprint density at radius 3 is 1.31 bits per heavy atom. The predicted molar refractivity (Wildman–Crippen MR) is 456 cm³/mol. The van der Waals surface area contributed by atoms with Crippen molar-refractivity contribution in [3.63, 3.8) is 0 Å². The van der Waals surface area contributed by atoms with Crippen LogP contribution in [0.25, 0.3) is 121 Å². The normalized spacial score (nSPS) is 13.2. The summed E-state index contributed by atoms with van der Waals surface area (Å²) in [6.07, 6.45) is 4.31. The fraction of sp³-hybridized carbons (Fsp3) is 0.244. The van der Waals surface area contributed by atoms with Gasteiger partial charge in [0.2, 0.25) is 0 Å². The van der Waals surface area contributed by atoms with Gasteiger partial charge in [-0.05, 0) is 166 Å². The molecule has 16 rings (SSSR count). The second-order valence-corrected chi connectivity index (χ2v) is 32.2. The van der Waals surface area contributed by atoms with Gasteiger partial charge in [0.1, 0.15) is 11.2 Å². The van der Waals surface area contributed by atoms with Crippen molar-refractivity contribution in [2.24, 2.45) is 26.9 Å². The number of halogens is 3. The molecule has 0 unspecified atom stereocenters. The number of carbonyl (C=O) groups excluding carboxylic acids is 2. The number of aryl methyl sites for hydroxylation is 4. The molecule has 2 amide bonds. The van der Waals surface area contributed by atoms with Crippen molar-refractivity contribution in [1.29, 1.82) is 0 Å². The lowest BCUT2D eigenvalue weighted by molar-refractivity contribution is 0.00578. The van der Waals surface area contributed by atoms with Gasteiger partial charge in [-0.3, -0.25) is 28.4 Å². The predicted octanol–water partition coefficient (Wildman–Crippen LogP) is 16.6. The number of nitrogens with zero attached hydrogens (tertiary/aromatic N) is 9. The zero-order chi connectivity index (χ0) is 81.5. The van der Waals surface area contributed by atoms with Gasteiger partial charge in [0.15, 0.2) is 0 Å². The van der Waals surface area contributed by atoms with Crippen molar-refractivity contribution in [2.75, 3.05) is 0 Å². The number of hydrogen-bond acceptors (Lipinski definition) is 16. The molecule has 1 saturated heterocycles. The van der Waals surface area contributed by atoms with Crippen LogP contribution in [0.15, 0.2) is 201 Å². The van der Waals surface area contributed by atoms with Crippen molar-refractivity contribution in [1.82, 2.24) is 70.6 Å². The summed E-state index contributed by atoms with van der Waals surface area (Å²) in [5, 5.41) is 50.2. The Morgan fingerprint density at radius 2 is 0.860 bits per heavy atom. The number of nitrogens with two attached hydrogens (primary N) is 1. The Bertz CT molecular complexity index is 6400. The van der Waals surface area contributed by atoms with E-state index in [9.17, 15) is 24.0 Å². The lowest BCUT2D eigenvalue weighted by Crippen LogP contribution is -2.41. The quantitative estimate of drug-likeness (QED) is 0.0656. The first kappa shape index (κ1) is 80.4. The highest BCUT2D eigenvalue weighted by molar-refractivity contribution is 9.10. The zero-order valence-electron chi connectivity index (χ0n) is 65.4. The molecule has 1 aliphatic heterocycles. The van der Waals surface area contributed by atoms with Gasteiger partial charge in [-0.2, -0.15) is 30.6 Å². The molecule has 24 nitrogen and oxygen atoms in total. The Kier molecular flexibility index (Phi) is 22.9. The zero-order valence-corrected chi connectivity index (χ0v) is 68.5. The third-order valence-electron chi connectivity index (χ3n) is 20.0. The van der Waals surface area contributed by atoms with E-state index in [1.807, 2.05) is 168 Å². The number of benzene rings is 9. The van der Waals surface area contributed by atoms with Gasteiger partial charge in [-0.25, -0.2) is 24.9 Å². The van der Waals surface area contributed by atoms with Gasteiger partial charge >= 0.3 is 19.3 Å². The van der Waals surface area contributed by atoms with Gasteiger partial charge < -0.3 is 35.1 Å². The maximum atomic E-state index is 12.5. The number of amides is 2. The Balaban J connectivity index is 0.000000136. The highest BCUT2D eigenvalue weighted by atomic mass is 79.9. The summed E-state index contributed by atoms with van der Waals surface area (Å²) >= 11 is 16.9. The van der Waals surface area contributed by atoms with Crippen LogP contribution in [0.2, 0.25) is 10.0 Å². The van der Waals surface area contributed by atoms with Crippen LogP contribution in [0.5, 0.6) is 0 Å². The maximum absolute atomic E-state index is 12.5. The van der Waals surface area contributed by atoms with E-state index >= 15 is 0 Å². The molecule has 9 aromatic carbocycles. The summed E-state index contributed by atoms with van der Waals surface area (Å²) in [7, 11) is 5.17. The van der Waals surface area contributed by atoms with Crippen LogP contribution in [0.4, 0.5) is 9.59 Å². The van der Waals surface area contributed by atoms with Gasteiger partial charge in [-0.1, -0.05) is 157 Å². The number of carbonyl (C=O) groups is 2. The molecule has 582 valence electrons. The van der Waals surface area contributed by atoms with Crippen LogP contribution < -0.4 is 38.5 Å². The molecule has 0 atom stereocenters. The first-order chi connectivity index (χ1) is 54.2. The van der Waals surface area contributed by atoms with Crippen LogP contribution in [0.1, 0.15) is 91.9 Å². The number of nitrogens with one attached hydrogen (secondary N) is 5. The molecule has 0 aliphatic carbocycles. The summed E-state index contributed by atoms with van der Waals surface area (Å²) < 4.78 is 29.2. The standard InChI is InChI=1S/C28H26ClN5O3.C24H21N5O.C20H28BN3O5.C14H10BrClN2/c1-28(2,3)37-27(36)30-15-23-21-13-17(10-11-19(21)26(35)33-32-23)22-14-31-34(4)25(22)20-12-9-16-7-5-6-8-18(16)24(20)29;1-14-17-6-4-3-5-15(17)7-9-18(14)23-21(13-26-29(23)2)16-8-10-19-20(11-16)22(12-25)27-28-24(19)30;1-18(2,3)27-17(26)22-11-15-14-10-12(8-9-13(14)16(25)24-23-15)21-28-19(4,5)20(6,7)29-21;1-18-14(12(15)8-17-18)11-7-6-9-4-2-3-5-10(9)13(11)16/h5-14H,15H2,1-4H3,(H,30,36)(H,33,35);3-11,13H,12,25H2,1-2H3,(H,28,30);8-10H,11H2,1-7H3,(H,22,26)(H,24,25);2-8H,1H3. The van der Waals surface area contributed by atoms with Crippen molar-refractivity contribution in [3.8, 4) is 56.0 Å². The summed E-state index contributed by atoms with van der Waals surface area (Å²) in [5.74, 6) is 0. The molecule has 0 spiro atoms. The SMILES string of the molecule is CC(C)(C)OC(=O)NCc1n[nH]c(=O)c2ccc(B3OC(C)(C)C(C)(C)O3)cc12.Cc1c(-c2c(-c3ccc4c(=O)[nH]nc(CN)c4c3)cnn2C)ccc2ccccc12.Cn1ncc(-c2ccc3c(=O)[nH]nc(CNC(=O)OC(C)(C)C)c3c2)c1-c1ccc2ccccc2c1Cl.Cn1ncc(Br)c1-c1ccc2ccccc2c1Cl. The number of ether oxygens (including phenoxy) is 2. The van der Waals surface area contributed by atoms with Crippen molar-refractivity contribution >= 4 is 129 Å². The second kappa shape index (κ2) is 32.5. The molecule has 0 bridgehead atoms. The van der Waals surface area contributed by atoms with Crippen LogP contribution in [0.3, 0.4) is 0 Å². The largest absolute Gasteiger partial charge is 0.494 e. The van der Waals surface area contributed by atoms with E-state index in [2.05, 4.69) is 128 Å².